The number of likely N-dealkylation sites (tertiary alicyclic amines) is 1. The summed E-state index contributed by atoms with van der Waals surface area (Å²) in [5.41, 5.74) is 4.67. The standard InChI is InChI=1S/C22H27N3O2/c1-3-27-21(26)23-18-9-5-7-11-20(18)25-16-22(12-14-24(2)15-13-22)17-8-4-6-10-19(17)25/h4-11H,3,12-16H2,1-2H3,(H,23,26). The number of para-hydroxylation sites is 3. The van der Waals surface area contributed by atoms with Gasteiger partial charge in [-0.1, -0.05) is 30.3 Å². The topological polar surface area (TPSA) is 44.8 Å². The minimum Gasteiger partial charge on any atom is -0.450 e. The van der Waals surface area contributed by atoms with E-state index in [9.17, 15) is 4.79 Å². The van der Waals surface area contributed by atoms with Crippen LogP contribution in [-0.4, -0.2) is 44.3 Å². The summed E-state index contributed by atoms with van der Waals surface area (Å²) in [5.74, 6) is 0. The van der Waals surface area contributed by atoms with Crippen molar-refractivity contribution in [3.8, 4) is 0 Å². The van der Waals surface area contributed by atoms with Crippen molar-refractivity contribution in [2.45, 2.75) is 25.2 Å². The van der Waals surface area contributed by atoms with Gasteiger partial charge in [0.05, 0.1) is 18.0 Å². The smallest absolute Gasteiger partial charge is 0.411 e. The van der Waals surface area contributed by atoms with E-state index in [0.29, 0.717) is 6.61 Å². The molecule has 2 aliphatic heterocycles. The molecule has 142 valence electrons. The molecule has 0 atom stereocenters. The number of amides is 1. The molecule has 2 aromatic rings. The lowest BCUT2D eigenvalue weighted by atomic mass is 9.74. The molecule has 1 fully saturated rings. The second-order valence-electron chi connectivity index (χ2n) is 7.55. The maximum absolute atomic E-state index is 12.0. The molecule has 0 unspecified atom stereocenters. The van der Waals surface area contributed by atoms with Crippen LogP contribution in [0.15, 0.2) is 48.5 Å². The van der Waals surface area contributed by atoms with Gasteiger partial charge < -0.3 is 14.5 Å². The fourth-order valence-corrected chi connectivity index (χ4v) is 4.41. The lowest BCUT2D eigenvalue weighted by molar-refractivity contribution is 0.168. The van der Waals surface area contributed by atoms with Crippen molar-refractivity contribution in [1.29, 1.82) is 0 Å². The average molecular weight is 365 g/mol. The number of hydrogen-bond acceptors (Lipinski definition) is 4. The molecule has 4 rings (SSSR count). The Labute approximate surface area is 160 Å². The Kier molecular flexibility index (Phi) is 4.79. The molecule has 5 heteroatoms. The summed E-state index contributed by atoms with van der Waals surface area (Å²) in [6, 6.07) is 16.7. The van der Waals surface area contributed by atoms with Crippen LogP contribution in [0.1, 0.15) is 25.3 Å². The number of carbonyl (C=O) groups excluding carboxylic acids is 1. The highest BCUT2D eigenvalue weighted by molar-refractivity contribution is 5.92. The van der Waals surface area contributed by atoms with Gasteiger partial charge >= 0.3 is 6.09 Å². The molecule has 0 aromatic heterocycles. The third kappa shape index (κ3) is 3.28. The number of nitrogens with zero attached hydrogens (tertiary/aromatic N) is 2. The monoisotopic (exact) mass is 365 g/mol. The van der Waals surface area contributed by atoms with Crippen LogP contribution < -0.4 is 10.2 Å². The van der Waals surface area contributed by atoms with E-state index in [1.54, 1.807) is 0 Å². The Morgan fingerprint density at radius 1 is 1.07 bits per heavy atom. The van der Waals surface area contributed by atoms with E-state index < -0.39 is 6.09 Å². The van der Waals surface area contributed by atoms with Crippen LogP contribution in [0.3, 0.4) is 0 Å². The molecule has 1 amide bonds. The summed E-state index contributed by atoms with van der Waals surface area (Å²) < 4.78 is 5.08. The van der Waals surface area contributed by atoms with E-state index in [1.165, 1.54) is 11.3 Å². The Hall–Kier alpha value is -2.53. The summed E-state index contributed by atoms with van der Waals surface area (Å²) in [7, 11) is 2.20. The third-order valence-electron chi connectivity index (χ3n) is 5.88. The van der Waals surface area contributed by atoms with Crippen LogP contribution in [0.25, 0.3) is 0 Å². The molecule has 1 saturated heterocycles. The summed E-state index contributed by atoms with van der Waals surface area (Å²) in [4.78, 5) is 16.8. The second-order valence-corrected chi connectivity index (χ2v) is 7.55. The molecule has 27 heavy (non-hydrogen) atoms. The normalized spacial score (nSPS) is 18.4. The first-order valence-electron chi connectivity index (χ1n) is 9.71. The molecule has 0 radical (unpaired) electrons. The Morgan fingerprint density at radius 2 is 1.74 bits per heavy atom. The van der Waals surface area contributed by atoms with Gasteiger partial charge in [-0.25, -0.2) is 4.79 Å². The minimum atomic E-state index is -0.411. The molecule has 5 nitrogen and oxygen atoms in total. The van der Waals surface area contributed by atoms with Gasteiger partial charge in [0.25, 0.3) is 0 Å². The van der Waals surface area contributed by atoms with Gasteiger partial charge in [0.2, 0.25) is 0 Å². The molecule has 2 heterocycles. The highest BCUT2D eigenvalue weighted by Gasteiger charge is 2.44. The van der Waals surface area contributed by atoms with Crippen LogP contribution in [0.4, 0.5) is 21.9 Å². The van der Waals surface area contributed by atoms with Gasteiger partial charge in [-0.3, -0.25) is 5.32 Å². The van der Waals surface area contributed by atoms with Crippen molar-refractivity contribution in [2.75, 3.05) is 43.5 Å². The van der Waals surface area contributed by atoms with Crippen molar-refractivity contribution >= 4 is 23.2 Å². The quantitative estimate of drug-likeness (QED) is 0.877. The SMILES string of the molecule is CCOC(=O)Nc1ccccc1N1CC2(CCN(C)CC2)c2ccccc21. The van der Waals surface area contributed by atoms with Gasteiger partial charge in [-0.2, -0.15) is 0 Å². The maximum Gasteiger partial charge on any atom is 0.411 e. The van der Waals surface area contributed by atoms with Gasteiger partial charge in [-0.15, -0.1) is 0 Å². The third-order valence-corrected chi connectivity index (χ3v) is 5.88. The summed E-state index contributed by atoms with van der Waals surface area (Å²) in [6.07, 6.45) is 1.90. The van der Waals surface area contributed by atoms with E-state index in [0.717, 1.165) is 43.9 Å². The lowest BCUT2D eigenvalue weighted by Gasteiger charge is -2.38. The Morgan fingerprint density at radius 3 is 2.48 bits per heavy atom. The number of rotatable bonds is 3. The lowest BCUT2D eigenvalue weighted by Crippen LogP contribution is -2.43. The molecule has 1 spiro atoms. The van der Waals surface area contributed by atoms with E-state index in [2.05, 4.69) is 52.5 Å². The highest BCUT2D eigenvalue weighted by atomic mass is 16.5. The average Bonchev–Trinajstić information content (AvgIpc) is 3.00. The van der Waals surface area contributed by atoms with E-state index in [4.69, 9.17) is 4.74 Å². The number of ether oxygens (including phenoxy) is 1. The highest BCUT2D eigenvalue weighted by Crippen LogP contribution is 2.50. The number of fused-ring (bicyclic) bond motifs is 2. The summed E-state index contributed by atoms with van der Waals surface area (Å²) in [6.45, 7) is 5.35. The van der Waals surface area contributed by atoms with Crippen LogP contribution in [0.5, 0.6) is 0 Å². The molecular formula is C22H27N3O2. The molecular weight excluding hydrogens is 338 g/mol. The number of piperidine rings is 1. The van der Waals surface area contributed by atoms with Crippen molar-refractivity contribution < 1.29 is 9.53 Å². The number of anilines is 3. The van der Waals surface area contributed by atoms with Crippen LogP contribution in [0.2, 0.25) is 0 Å². The Bertz CT molecular complexity index is 828. The summed E-state index contributed by atoms with van der Waals surface area (Å²) >= 11 is 0. The summed E-state index contributed by atoms with van der Waals surface area (Å²) in [5, 5.41) is 2.91. The van der Waals surface area contributed by atoms with Crippen LogP contribution >= 0.6 is 0 Å². The van der Waals surface area contributed by atoms with Gasteiger partial charge in [0.1, 0.15) is 0 Å². The zero-order chi connectivity index (χ0) is 18.9. The van der Waals surface area contributed by atoms with Crippen LogP contribution in [0, 0.1) is 0 Å². The van der Waals surface area contributed by atoms with Crippen molar-refractivity contribution in [2.24, 2.45) is 0 Å². The minimum absolute atomic E-state index is 0.181. The number of nitrogens with one attached hydrogen (secondary N) is 1. The zero-order valence-electron chi connectivity index (χ0n) is 16.1. The first-order valence-corrected chi connectivity index (χ1v) is 9.71. The van der Waals surface area contributed by atoms with Gasteiger partial charge in [-0.05, 0) is 63.7 Å². The van der Waals surface area contributed by atoms with Gasteiger partial charge in [0.15, 0.2) is 0 Å². The molecule has 0 aliphatic carbocycles. The number of carbonyl (C=O) groups is 1. The molecule has 2 aromatic carbocycles. The number of hydrogen-bond donors (Lipinski definition) is 1. The maximum atomic E-state index is 12.0. The fraction of sp³-hybridized carbons (Fsp3) is 0.409. The van der Waals surface area contributed by atoms with Crippen molar-refractivity contribution in [1.82, 2.24) is 4.90 Å². The van der Waals surface area contributed by atoms with Crippen molar-refractivity contribution in [3.63, 3.8) is 0 Å². The predicted octanol–water partition coefficient (Wildman–Crippen LogP) is 4.37. The largest absolute Gasteiger partial charge is 0.450 e. The predicted molar refractivity (Wildman–Crippen MR) is 109 cm³/mol. The number of benzene rings is 2. The molecule has 0 bridgehead atoms. The van der Waals surface area contributed by atoms with Crippen molar-refractivity contribution in [3.05, 3.63) is 54.1 Å². The molecule has 1 N–H and O–H groups in total. The van der Waals surface area contributed by atoms with Gasteiger partial charge in [0, 0.05) is 17.6 Å². The fourth-order valence-electron chi connectivity index (χ4n) is 4.41. The second kappa shape index (κ2) is 7.24. The van der Waals surface area contributed by atoms with Crippen LogP contribution in [-0.2, 0) is 10.2 Å². The molecule has 0 saturated carbocycles. The van der Waals surface area contributed by atoms with E-state index >= 15 is 0 Å². The van der Waals surface area contributed by atoms with E-state index in [1.807, 2.05) is 25.1 Å². The van der Waals surface area contributed by atoms with E-state index in [-0.39, 0.29) is 5.41 Å². The zero-order valence-corrected chi connectivity index (χ0v) is 16.1. The first-order chi connectivity index (χ1) is 13.1. The molecule has 2 aliphatic rings. The first kappa shape index (κ1) is 17.9. The Balaban J connectivity index is 1.70.